The first-order valence-electron chi connectivity index (χ1n) is 9.19. The first-order chi connectivity index (χ1) is 13.8. The molecule has 3 aromatic rings. The number of ether oxygens (including phenoxy) is 1. The van der Waals surface area contributed by atoms with E-state index < -0.39 is 18.8 Å². The van der Waals surface area contributed by atoms with E-state index in [-0.39, 0.29) is 23.6 Å². The van der Waals surface area contributed by atoms with E-state index in [0.717, 1.165) is 29.1 Å². The van der Waals surface area contributed by atoms with Crippen LogP contribution in [0.4, 0.5) is 13.2 Å². The average Bonchev–Trinajstić information content (AvgIpc) is 3.34. The standard InChI is InChI=1S/C20H19F3N4O2/c1-11(16-8-26-17(9-25-16)29-10-20(21,22)23)27-19(28)15-7-14(15)13-4-2-3-12-5-6-24-18(12)13/h2-6,8-9,11,14-15,24H,7,10H2,1H3,(H,27,28)/t11-,14?,15?/m1/s1. The SMILES string of the molecule is C[C@@H](NC(=O)C1CC1c1cccc2cc[nH]c12)c1cnc(OCC(F)(F)F)cn1. The molecule has 1 aliphatic carbocycles. The minimum Gasteiger partial charge on any atom is -0.467 e. The molecule has 0 radical (unpaired) electrons. The van der Waals surface area contributed by atoms with E-state index in [1.807, 2.05) is 30.5 Å². The van der Waals surface area contributed by atoms with Gasteiger partial charge >= 0.3 is 6.18 Å². The van der Waals surface area contributed by atoms with Crippen molar-refractivity contribution in [2.45, 2.75) is 31.5 Å². The van der Waals surface area contributed by atoms with Crippen LogP contribution >= 0.6 is 0 Å². The summed E-state index contributed by atoms with van der Waals surface area (Å²) in [4.78, 5) is 23.7. The molecule has 1 aliphatic rings. The molecule has 1 fully saturated rings. The number of aromatic nitrogens is 3. The number of alkyl halides is 3. The largest absolute Gasteiger partial charge is 0.467 e. The Labute approximate surface area is 164 Å². The number of nitrogens with one attached hydrogen (secondary N) is 2. The molecule has 0 saturated heterocycles. The van der Waals surface area contributed by atoms with Crippen LogP contribution in [0, 0.1) is 5.92 Å². The molecular formula is C20H19F3N4O2. The molecule has 1 saturated carbocycles. The third kappa shape index (κ3) is 4.33. The van der Waals surface area contributed by atoms with Crippen LogP contribution in [-0.2, 0) is 4.79 Å². The molecule has 152 valence electrons. The van der Waals surface area contributed by atoms with Gasteiger partial charge in [0.1, 0.15) is 0 Å². The maximum Gasteiger partial charge on any atom is 0.422 e. The topological polar surface area (TPSA) is 79.9 Å². The highest BCUT2D eigenvalue weighted by molar-refractivity contribution is 5.87. The molecular weight excluding hydrogens is 385 g/mol. The van der Waals surface area contributed by atoms with Crippen molar-refractivity contribution in [1.29, 1.82) is 0 Å². The molecule has 0 spiro atoms. The Balaban J connectivity index is 1.35. The second-order valence-electron chi connectivity index (χ2n) is 7.15. The Bertz CT molecular complexity index is 1020. The predicted molar refractivity (Wildman–Crippen MR) is 99.3 cm³/mol. The summed E-state index contributed by atoms with van der Waals surface area (Å²) < 4.78 is 41.1. The maximum absolute atomic E-state index is 12.6. The van der Waals surface area contributed by atoms with E-state index in [9.17, 15) is 18.0 Å². The van der Waals surface area contributed by atoms with Crippen LogP contribution in [0.25, 0.3) is 10.9 Å². The first-order valence-corrected chi connectivity index (χ1v) is 9.19. The maximum atomic E-state index is 12.6. The van der Waals surface area contributed by atoms with Crippen molar-refractivity contribution in [2.75, 3.05) is 6.61 Å². The monoisotopic (exact) mass is 404 g/mol. The van der Waals surface area contributed by atoms with Crippen molar-refractivity contribution in [1.82, 2.24) is 20.3 Å². The van der Waals surface area contributed by atoms with Crippen molar-refractivity contribution >= 4 is 16.8 Å². The number of para-hydroxylation sites is 1. The van der Waals surface area contributed by atoms with Gasteiger partial charge in [-0.05, 0) is 36.3 Å². The van der Waals surface area contributed by atoms with Gasteiger partial charge in [-0.1, -0.05) is 18.2 Å². The van der Waals surface area contributed by atoms with Gasteiger partial charge in [-0.3, -0.25) is 9.78 Å². The minimum absolute atomic E-state index is 0.0785. The quantitative estimate of drug-likeness (QED) is 0.654. The number of hydrogen-bond donors (Lipinski definition) is 2. The van der Waals surface area contributed by atoms with E-state index >= 15 is 0 Å². The van der Waals surface area contributed by atoms with Gasteiger partial charge in [0.05, 0.1) is 24.1 Å². The van der Waals surface area contributed by atoms with Crippen molar-refractivity contribution in [3.63, 3.8) is 0 Å². The van der Waals surface area contributed by atoms with Crippen molar-refractivity contribution in [2.24, 2.45) is 5.92 Å². The Morgan fingerprint density at radius 2 is 2.14 bits per heavy atom. The van der Waals surface area contributed by atoms with Gasteiger partial charge < -0.3 is 15.0 Å². The van der Waals surface area contributed by atoms with E-state index in [1.54, 1.807) is 6.92 Å². The van der Waals surface area contributed by atoms with Gasteiger partial charge in [-0.15, -0.1) is 0 Å². The molecule has 1 aromatic carbocycles. The zero-order chi connectivity index (χ0) is 20.6. The molecule has 0 aliphatic heterocycles. The molecule has 29 heavy (non-hydrogen) atoms. The number of amides is 1. The number of fused-ring (bicyclic) bond motifs is 1. The highest BCUT2D eigenvalue weighted by atomic mass is 19.4. The summed E-state index contributed by atoms with van der Waals surface area (Å²) in [6.07, 6.45) is 0.643. The van der Waals surface area contributed by atoms with E-state index in [0.29, 0.717) is 5.69 Å². The summed E-state index contributed by atoms with van der Waals surface area (Å²) in [5.41, 5.74) is 2.63. The van der Waals surface area contributed by atoms with Gasteiger partial charge in [0.15, 0.2) is 6.61 Å². The van der Waals surface area contributed by atoms with Crippen LogP contribution in [0.2, 0.25) is 0 Å². The molecule has 2 heterocycles. The van der Waals surface area contributed by atoms with Crippen LogP contribution in [0.15, 0.2) is 42.9 Å². The van der Waals surface area contributed by atoms with Crippen LogP contribution < -0.4 is 10.1 Å². The Morgan fingerprint density at radius 3 is 2.86 bits per heavy atom. The molecule has 2 unspecified atom stereocenters. The lowest BCUT2D eigenvalue weighted by atomic mass is 10.1. The van der Waals surface area contributed by atoms with E-state index in [4.69, 9.17) is 0 Å². The van der Waals surface area contributed by atoms with E-state index in [1.165, 1.54) is 6.20 Å². The van der Waals surface area contributed by atoms with Gasteiger partial charge in [0.25, 0.3) is 0 Å². The summed E-state index contributed by atoms with van der Waals surface area (Å²) in [5.74, 6) is -0.251. The van der Waals surface area contributed by atoms with Crippen LogP contribution in [-0.4, -0.2) is 33.6 Å². The molecule has 0 bridgehead atoms. The fourth-order valence-electron chi connectivity index (χ4n) is 3.42. The summed E-state index contributed by atoms with van der Waals surface area (Å²) in [5, 5.41) is 4.02. The molecule has 6 nitrogen and oxygen atoms in total. The number of nitrogens with zero attached hydrogens (tertiary/aromatic N) is 2. The Hall–Kier alpha value is -3.10. The number of rotatable bonds is 6. The third-order valence-corrected chi connectivity index (χ3v) is 4.98. The van der Waals surface area contributed by atoms with Gasteiger partial charge in [0.2, 0.25) is 11.8 Å². The lowest BCUT2D eigenvalue weighted by Gasteiger charge is -2.14. The molecule has 2 N–H and O–H groups in total. The molecule has 1 amide bonds. The second-order valence-corrected chi connectivity index (χ2v) is 7.15. The second kappa shape index (κ2) is 7.38. The van der Waals surface area contributed by atoms with Gasteiger partial charge in [-0.25, -0.2) is 4.98 Å². The first kappa shape index (κ1) is 19.2. The molecule has 4 rings (SSSR count). The van der Waals surface area contributed by atoms with Gasteiger partial charge in [0, 0.05) is 17.6 Å². The smallest absolute Gasteiger partial charge is 0.422 e. The number of H-pyrrole nitrogens is 1. The predicted octanol–water partition coefficient (Wildman–Crippen LogP) is 3.88. The van der Waals surface area contributed by atoms with Crippen LogP contribution in [0.3, 0.4) is 0 Å². The number of halogens is 3. The summed E-state index contributed by atoms with van der Waals surface area (Å²) in [6, 6.07) is 7.62. The third-order valence-electron chi connectivity index (χ3n) is 4.98. The lowest BCUT2D eigenvalue weighted by Crippen LogP contribution is -2.29. The Kier molecular flexibility index (Phi) is 4.89. The van der Waals surface area contributed by atoms with Crippen molar-refractivity contribution in [3.05, 3.63) is 54.1 Å². The fraction of sp³-hybridized carbons (Fsp3) is 0.350. The normalized spacial score (nSPS) is 19.7. The number of carbonyl (C=O) groups excluding carboxylic acids is 1. The zero-order valence-corrected chi connectivity index (χ0v) is 15.5. The molecule has 3 atom stereocenters. The highest BCUT2D eigenvalue weighted by Gasteiger charge is 2.45. The van der Waals surface area contributed by atoms with Crippen molar-refractivity contribution in [3.8, 4) is 5.88 Å². The fourth-order valence-corrected chi connectivity index (χ4v) is 3.42. The van der Waals surface area contributed by atoms with Crippen LogP contribution in [0.5, 0.6) is 5.88 Å². The summed E-state index contributed by atoms with van der Waals surface area (Å²) >= 11 is 0. The van der Waals surface area contributed by atoms with Crippen LogP contribution in [0.1, 0.15) is 36.6 Å². The summed E-state index contributed by atoms with van der Waals surface area (Å²) in [7, 11) is 0. The number of benzene rings is 1. The number of aromatic amines is 1. The summed E-state index contributed by atoms with van der Waals surface area (Å²) in [6.45, 7) is 0.325. The average molecular weight is 404 g/mol. The van der Waals surface area contributed by atoms with Crippen molar-refractivity contribution < 1.29 is 22.7 Å². The zero-order valence-electron chi connectivity index (χ0n) is 15.5. The number of carbonyl (C=O) groups is 1. The molecule has 2 aromatic heterocycles. The minimum atomic E-state index is -4.44. The molecule has 9 heteroatoms. The highest BCUT2D eigenvalue weighted by Crippen LogP contribution is 2.49. The lowest BCUT2D eigenvalue weighted by molar-refractivity contribution is -0.154. The van der Waals surface area contributed by atoms with E-state index in [2.05, 4.69) is 25.0 Å². The number of hydrogen-bond acceptors (Lipinski definition) is 4. The Morgan fingerprint density at radius 1 is 1.31 bits per heavy atom. The van der Waals surface area contributed by atoms with Gasteiger partial charge in [-0.2, -0.15) is 13.2 Å².